The van der Waals surface area contributed by atoms with Crippen LogP contribution >= 0.6 is 23.2 Å². The fourth-order valence-corrected chi connectivity index (χ4v) is 3.36. The van der Waals surface area contributed by atoms with Crippen molar-refractivity contribution >= 4 is 41.4 Å². The van der Waals surface area contributed by atoms with Crippen molar-refractivity contribution in [2.24, 2.45) is 0 Å². The van der Waals surface area contributed by atoms with Crippen molar-refractivity contribution in [2.45, 2.75) is 13.0 Å². The topological polar surface area (TPSA) is 81.6 Å². The van der Waals surface area contributed by atoms with Gasteiger partial charge >= 0.3 is 0 Å². The van der Waals surface area contributed by atoms with E-state index in [-0.39, 0.29) is 11.8 Å². The highest BCUT2D eigenvalue weighted by Crippen LogP contribution is 2.31. The van der Waals surface area contributed by atoms with Crippen LogP contribution in [0.1, 0.15) is 18.5 Å². The first-order valence-electron chi connectivity index (χ1n) is 8.19. The molecule has 1 aliphatic heterocycles. The van der Waals surface area contributed by atoms with E-state index in [1.807, 2.05) is 17.9 Å². The van der Waals surface area contributed by atoms with Crippen LogP contribution in [0.15, 0.2) is 24.4 Å². The Balaban J connectivity index is 1.76. The van der Waals surface area contributed by atoms with Crippen LogP contribution in [0.5, 0.6) is 5.75 Å². The van der Waals surface area contributed by atoms with Gasteiger partial charge in [-0.2, -0.15) is 4.98 Å². The van der Waals surface area contributed by atoms with Gasteiger partial charge in [0.15, 0.2) is 11.6 Å². The summed E-state index contributed by atoms with van der Waals surface area (Å²) >= 11 is 12.2. The number of hydrogen-bond donors (Lipinski definition) is 2. The van der Waals surface area contributed by atoms with Crippen LogP contribution in [0, 0.1) is 0 Å². The molecular formula is C17H19Cl2N5O2. The minimum atomic E-state index is -0.194. The molecule has 0 aliphatic carbocycles. The Morgan fingerprint density at radius 1 is 1.27 bits per heavy atom. The number of carbonyl (C=O) groups excluding carboxylic acids is 1. The first kappa shape index (κ1) is 18.5. The van der Waals surface area contributed by atoms with E-state index < -0.39 is 0 Å². The molecule has 26 heavy (non-hydrogen) atoms. The Morgan fingerprint density at radius 3 is 2.65 bits per heavy atom. The van der Waals surface area contributed by atoms with Crippen LogP contribution in [0.4, 0.5) is 11.8 Å². The SMILES string of the molecule is CC(Nc1nc(N2CCN(C=O)CC2)ncc1O)c1ccc(Cl)cc1Cl. The molecule has 3 rings (SSSR count). The van der Waals surface area contributed by atoms with E-state index in [0.29, 0.717) is 48.0 Å². The molecule has 0 radical (unpaired) electrons. The lowest BCUT2D eigenvalue weighted by molar-refractivity contribution is -0.118. The van der Waals surface area contributed by atoms with E-state index in [4.69, 9.17) is 23.2 Å². The van der Waals surface area contributed by atoms with Crippen LogP contribution in [0.2, 0.25) is 10.0 Å². The van der Waals surface area contributed by atoms with Gasteiger partial charge in [0.2, 0.25) is 12.4 Å². The molecule has 0 bridgehead atoms. The van der Waals surface area contributed by atoms with Crippen LogP contribution in [-0.4, -0.2) is 52.6 Å². The van der Waals surface area contributed by atoms with E-state index in [2.05, 4.69) is 15.3 Å². The molecule has 1 unspecified atom stereocenters. The third-order valence-corrected chi connectivity index (χ3v) is 4.85. The van der Waals surface area contributed by atoms with E-state index >= 15 is 0 Å². The van der Waals surface area contributed by atoms with Crippen LogP contribution < -0.4 is 10.2 Å². The summed E-state index contributed by atoms with van der Waals surface area (Å²) < 4.78 is 0. The van der Waals surface area contributed by atoms with E-state index in [0.717, 1.165) is 12.0 Å². The van der Waals surface area contributed by atoms with Gasteiger partial charge < -0.3 is 20.2 Å². The maximum atomic E-state index is 10.8. The monoisotopic (exact) mass is 395 g/mol. The van der Waals surface area contributed by atoms with E-state index in [1.54, 1.807) is 17.0 Å². The molecule has 1 saturated heterocycles. The van der Waals surface area contributed by atoms with Gasteiger partial charge in [-0.15, -0.1) is 0 Å². The average molecular weight is 396 g/mol. The van der Waals surface area contributed by atoms with Crippen molar-refractivity contribution < 1.29 is 9.90 Å². The zero-order valence-corrected chi connectivity index (χ0v) is 15.7. The van der Waals surface area contributed by atoms with Gasteiger partial charge in [-0.3, -0.25) is 4.79 Å². The largest absolute Gasteiger partial charge is 0.503 e. The summed E-state index contributed by atoms with van der Waals surface area (Å²) in [5, 5.41) is 14.4. The van der Waals surface area contributed by atoms with Crippen LogP contribution in [0.25, 0.3) is 0 Å². The quantitative estimate of drug-likeness (QED) is 0.757. The third kappa shape index (κ3) is 4.11. The fraction of sp³-hybridized carbons (Fsp3) is 0.353. The number of benzene rings is 1. The van der Waals surface area contributed by atoms with Crippen molar-refractivity contribution in [1.82, 2.24) is 14.9 Å². The molecule has 7 nitrogen and oxygen atoms in total. The van der Waals surface area contributed by atoms with Crippen molar-refractivity contribution in [3.05, 3.63) is 40.0 Å². The lowest BCUT2D eigenvalue weighted by Crippen LogP contribution is -2.46. The maximum absolute atomic E-state index is 10.8. The van der Waals surface area contributed by atoms with Gasteiger partial charge in [0, 0.05) is 36.2 Å². The predicted octanol–water partition coefficient (Wildman–Crippen LogP) is 2.94. The van der Waals surface area contributed by atoms with Crippen LogP contribution in [-0.2, 0) is 4.79 Å². The number of hydrogen-bond acceptors (Lipinski definition) is 6. The average Bonchev–Trinajstić information content (AvgIpc) is 2.63. The number of rotatable bonds is 5. The van der Waals surface area contributed by atoms with Crippen LogP contribution in [0.3, 0.4) is 0 Å². The second-order valence-corrected chi connectivity index (χ2v) is 6.91. The van der Waals surface area contributed by atoms with E-state index in [1.165, 1.54) is 6.20 Å². The van der Waals surface area contributed by atoms with Crippen molar-refractivity contribution in [3.8, 4) is 5.75 Å². The Morgan fingerprint density at radius 2 is 2.00 bits per heavy atom. The molecule has 1 aromatic heterocycles. The molecule has 0 spiro atoms. The zero-order valence-electron chi connectivity index (χ0n) is 14.2. The lowest BCUT2D eigenvalue weighted by Gasteiger charge is -2.32. The van der Waals surface area contributed by atoms with Gasteiger partial charge in [-0.25, -0.2) is 4.98 Å². The second-order valence-electron chi connectivity index (χ2n) is 6.06. The minimum Gasteiger partial charge on any atom is -0.503 e. The molecule has 9 heteroatoms. The summed E-state index contributed by atoms with van der Waals surface area (Å²) in [6.07, 6.45) is 2.21. The summed E-state index contributed by atoms with van der Waals surface area (Å²) in [7, 11) is 0. The molecule has 0 saturated carbocycles. The highest BCUT2D eigenvalue weighted by Gasteiger charge is 2.20. The van der Waals surface area contributed by atoms with Gasteiger partial charge in [-0.05, 0) is 24.6 Å². The highest BCUT2D eigenvalue weighted by molar-refractivity contribution is 6.35. The Kier molecular flexibility index (Phi) is 5.68. The standard InChI is InChI=1S/C17H19Cl2N5O2/c1-11(13-3-2-12(18)8-14(13)19)21-16-15(26)9-20-17(22-16)24-6-4-23(10-25)5-7-24/h2-3,8-11,26H,4-7H2,1H3,(H,20,21,22). The summed E-state index contributed by atoms with van der Waals surface area (Å²) in [5.41, 5.74) is 0.843. The smallest absolute Gasteiger partial charge is 0.227 e. The van der Waals surface area contributed by atoms with E-state index in [9.17, 15) is 9.90 Å². The second kappa shape index (κ2) is 7.97. The Labute approximate surface area is 161 Å². The number of nitrogens with one attached hydrogen (secondary N) is 1. The summed E-state index contributed by atoms with van der Waals surface area (Å²) in [6, 6.07) is 5.08. The number of anilines is 2. The maximum Gasteiger partial charge on any atom is 0.227 e. The van der Waals surface area contributed by atoms with Gasteiger partial charge in [-0.1, -0.05) is 29.3 Å². The molecule has 1 aliphatic rings. The molecule has 1 fully saturated rings. The molecule has 1 aromatic carbocycles. The first-order chi connectivity index (χ1) is 12.5. The summed E-state index contributed by atoms with van der Waals surface area (Å²) in [5.74, 6) is 0.786. The Hall–Kier alpha value is -2.25. The van der Waals surface area contributed by atoms with Gasteiger partial charge in [0.1, 0.15) is 0 Å². The minimum absolute atomic E-state index is 0.0442. The predicted molar refractivity (Wildman–Crippen MR) is 102 cm³/mol. The molecule has 138 valence electrons. The number of aromatic nitrogens is 2. The van der Waals surface area contributed by atoms with Gasteiger partial charge in [0.05, 0.1) is 12.2 Å². The number of halogens is 2. The first-order valence-corrected chi connectivity index (χ1v) is 8.95. The molecule has 2 heterocycles. The summed E-state index contributed by atoms with van der Waals surface area (Å²) in [6.45, 7) is 4.43. The van der Waals surface area contributed by atoms with Crippen molar-refractivity contribution in [2.75, 3.05) is 36.4 Å². The molecule has 2 aromatic rings. The number of nitrogens with zero attached hydrogens (tertiary/aromatic N) is 4. The molecular weight excluding hydrogens is 377 g/mol. The number of aromatic hydroxyl groups is 1. The number of piperazine rings is 1. The number of amides is 1. The fourth-order valence-electron chi connectivity index (χ4n) is 2.79. The number of carbonyl (C=O) groups is 1. The zero-order chi connectivity index (χ0) is 18.7. The summed E-state index contributed by atoms with van der Waals surface area (Å²) in [4.78, 5) is 23.1. The van der Waals surface area contributed by atoms with Crippen molar-refractivity contribution in [1.29, 1.82) is 0 Å². The van der Waals surface area contributed by atoms with Crippen molar-refractivity contribution in [3.63, 3.8) is 0 Å². The highest BCUT2D eigenvalue weighted by atomic mass is 35.5. The molecule has 1 atom stereocenters. The lowest BCUT2D eigenvalue weighted by atomic mass is 10.1. The molecule has 1 amide bonds. The Bertz CT molecular complexity index is 797. The normalized spacial score (nSPS) is 15.7. The molecule has 2 N–H and O–H groups in total. The third-order valence-electron chi connectivity index (χ3n) is 4.29. The van der Waals surface area contributed by atoms with Gasteiger partial charge in [0.25, 0.3) is 0 Å².